The first-order valence-corrected chi connectivity index (χ1v) is 7.39. The Hall–Kier alpha value is -2.21. The molecule has 0 aliphatic carbocycles. The van der Waals surface area contributed by atoms with Crippen LogP contribution in [0, 0.1) is 5.82 Å². The average molecular weight is 323 g/mol. The fraction of sp³-hybridized carbons (Fsp3) is 0.412. The van der Waals surface area contributed by atoms with E-state index in [4.69, 9.17) is 9.47 Å². The topological polar surface area (TPSA) is 55.8 Å². The maximum Gasteiger partial charge on any atom is 0.335 e. The second-order valence-electron chi connectivity index (χ2n) is 4.91. The number of hydrogen-bond acceptors (Lipinski definition) is 4. The van der Waals surface area contributed by atoms with Gasteiger partial charge in [0.05, 0.1) is 6.61 Å². The van der Waals surface area contributed by atoms with E-state index >= 15 is 0 Å². The molecule has 1 aromatic carbocycles. The van der Waals surface area contributed by atoms with Gasteiger partial charge >= 0.3 is 5.97 Å². The van der Waals surface area contributed by atoms with Gasteiger partial charge in [0.15, 0.2) is 12.7 Å². The lowest BCUT2D eigenvalue weighted by molar-refractivity contribution is -0.160. The molecule has 1 amide bonds. The fourth-order valence-electron chi connectivity index (χ4n) is 1.85. The van der Waals surface area contributed by atoms with E-state index in [2.05, 4.69) is 6.58 Å². The zero-order valence-electron chi connectivity index (χ0n) is 13.5. The molecule has 0 bridgehead atoms. The Morgan fingerprint density at radius 2 is 2.17 bits per heavy atom. The van der Waals surface area contributed by atoms with Crippen LogP contribution >= 0.6 is 0 Å². The standard InChI is InChI=1S/C17H22FNO4/c1-4-9-22-13(3)17(21)23-12-16(20)19(5-2)11-14-7-6-8-15(18)10-14/h4,6-8,10,13H,1,5,9,11-12H2,2-3H3. The molecule has 6 heteroatoms. The minimum absolute atomic E-state index is 0.227. The molecule has 5 nitrogen and oxygen atoms in total. The number of amides is 1. The van der Waals surface area contributed by atoms with E-state index in [0.717, 1.165) is 0 Å². The van der Waals surface area contributed by atoms with Crippen LogP contribution in [0.15, 0.2) is 36.9 Å². The Kier molecular flexibility index (Phi) is 7.97. The highest BCUT2D eigenvalue weighted by Gasteiger charge is 2.19. The maximum atomic E-state index is 13.2. The predicted octanol–water partition coefficient (Wildman–Crippen LogP) is 2.31. The summed E-state index contributed by atoms with van der Waals surface area (Å²) in [6.45, 7) is 7.36. The Morgan fingerprint density at radius 3 is 2.78 bits per heavy atom. The van der Waals surface area contributed by atoms with Crippen molar-refractivity contribution in [1.29, 1.82) is 0 Å². The minimum atomic E-state index is -0.765. The Morgan fingerprint density at radius 1 is 1.43 bits per heavy atom. The summed E-state index contributed by atoms with van der Waals surface area (Å²) in [6, 6.07) is 6.03. The summed E-state index contributed by atoms with van der Waals surface area (Å²) in [5, 5.41) is 0. The Bertz CT molecular complexity index is 547. The van der Waals surface area contributed by atoms with Crippen molar-refractivity contribution >= 4 is 11.9 Å². The van der Waals surface area contributed by atoms with Crippen LogP contribution < -0.4 is 0 Å². The first-order chi connectivity index (χ1) is 11.0. The maximum absolute atomic E-state index is 13.2. The lowest BCUT2D eigenvalue weighted by Gasteiger charge is -2.21. The number of nitrogens with zero attached hydrogens (tertiary/aromatic N) is 1. The van der Waals surface area contributed by atoms with Crippen molar-refractivity contribution in [2.45, 2.75) is 26.5 Å². The average Bonchev–Trinajstić information content (AvgIpc) is 2.54. The molecule has 0 spiro atoms. The SMILES string of the molecule is C=CCOC(C)C(=O)OCC(=O)N(CC)Cc1cccc(F)c1. The predicted molar refractivity (Wildman–Crippen MR) is 84.1 cm³/mol. The smallest absolute Gasteiger partial charge is 0.335 e. The van der Waals surface area contributed by atoms with Crippen molar-refractivity contribution in [2.24, 2.45) is 0 Å². The van der Waals surface area contributed by atoms with E-state index in [9.17, 15) is 14.0 Å². The van der Waals surface area contributed by atoms with E-state index < -0.39 is 12.1 Å². The van der Waals surface area contributed by atoms with Gasteiger partial charge in [0.2, 0.25) is 0 Å². The van der Waals surface area contributed by atoms with Crippen molar-refractivity contribution in [3.8, 4) is 0 Å². The summed E-state index contributed by atoms with van der Waals surface area (Å²) >= 11 is 0. The number of likely N-dealkylation sites (N-methyl/N-ethyl adjacent to an activating group) is 1. The number of halogens is 1. The molecule has 0 fully saturated rings. The first-order valence-electron chi connectivity index (χ1n) is 7.39. The normalized spacial score (nSPS) is 11.6. The minimum Gasteiger partial charge on any atom is -0.454 e. The van der Waals surface area contributed by atoms with Gasteiger partial charge in [0, 0.05) is 13.1 Å². The fourth-order valence-corrected chi connectivity index (χ4v) is 1.85. The van der Waals surface area contributed by atoms with E-state index in [1.165, 1.54) is 23.1 Å². The molecule has 0 N–H and O–H groups in total. The summed E-state index contributed by atoms with van der Waals surface area (Å²) in [4.78, 5) is 25.3. The van der Waals surface area contributed by atoms with Crippen LogP contribution in [0.2, 0.25) is 0 Å². The van der Waals surface area contributed by atoms with Gasteiger partial charge in [-0.2, -0.15) is 0 Å². The molecule has 0 saturated heterocycles. The van der Waals surface area contributed by atoms with Gasteiger partial charge < -0.3 is 14.4 Å². The Balaban J connectivity index is 2.50. The van der Waals surface area contributed by atoms with Crippen LogP contribution in [0.5, 0.6) is 0 Å². The summed E-state index contributed by atoms with van der Waals surface area (Å²) in [6.07, 6.45) is 0.756. The summed E-state index contributed by atoms with van der Waals surface area (Å²) in [5.41, 5.74) is 0.675. The lowest BCUT2D eigenvalue weighted by atomic mass is 10.2. The van der Waals surface area contributed by atoms with Crippen LogP contribution in [-0.2, 0) is 25.6 Å². The van der Waals surface area contributed by atoms with E-state index in [1.54, 1.807) is 26.0 Å². The molecule has 126 valence electrons. The molecular weight excluding hydrogens is 301 g/mol. The van der Waals surface area contributed by atoms with Gasteiger partial charge in [-0.15, -0.1) is 6.58 Å². The first kappa shape index (κ1) is 18.8. The molecule has 0 saturated carbocycles. The molecule has 0 aliphatic heterocycles. The number of carbonyl (C=O) groups excluding carboxylic acids is 2. The van der Waals surface area contributed by atoms with Crippen LogP contribution in [0.25, 0.3) is 0 Å². The molecule has 0 heterocycles. The third-order valence-corrected chi connectivity index (χ3v) is 3.13. The second-order valence-corrected chi connectivity index (χ2v) is 4.91. The van der Waals surface area contributed by atoms with Crippen molar-refractivity contribution in [3.63, 3.8) is 0 Å². The third-order valence-electron chi connectivity index (χ3n) is 3.13. The van der Waals surface area contributed by atoms with E-state index in [1.807, 2.05) is 0 Å². The molecule has 23 heavy (non-hydrogen) atoms. The molecule has 1 unspecified atom stereocenters. The zero-order chi connectivity index (χ0) is 17.2. The third kappa shape index (κ3) is 6.61. The monoisotopic (exact) mass is 323 g/mol. The molecular formula is C17H22FNO4. The van der Waals surface area contributed by atoms with E-state index in [-0.39, 0.29) is 31.5 Å². The van der Waals surface area contributed by atoms with Crippen molar-refractivity contribution in [3.05, 3.63) is 48.3 Å². The molecule has 1 aromatic rings. The van der Waals surface area contributed by atoms with Crippen LogP contribution in [0.1, 0.15) is 19.4 Å². The van der Waals surface area contributed by atoms with Crippen molar-refractivity contribution < 1.29 is 23.5 Å². The highest BCUT2D eigenvalue weighted by atomic mass is 19.1. The molecule has 1 atom stereocenters. The quantitative estimate of drug-likeness (QED) is 0.517. The van der Waals surface area contributed by atoms with Gasteiger partial charge in [-0.05, 0) is 31.5 Å². The van der Waals surface area contributed by atoms with Crippen LogP contribution in [-0.4, -0.2) is 42.6 Å². The van der Waals surface area contributed by atoms with Crippen LogP contribution in [0.4, 0.5) is 4.39 Å². The number of ether oxygens (including phenoxy) is 2. The number of benzene rings is 1. The molecule has 0 aliphatic rings. The summed E-state index contributed by atoms with van der Waals surface area (Å²) in [5.74, 6) is -1.31. The van der Waals surface area contributed by atoms with E-state index in [0.29, 0.717) is 12.1 Å². The summed E-state index contributed by atoms with van der Waals surface area (Å²) < 4.78 is 23.2. The molecule has 0 aromatic heterocycles. The number of hydrogen-bond donors (Lipinski definition) is 0. The lowest BCUT2D eigenvalue weighted by Crippen LogP contribution is -2.35. The highest BCUT2D eigenvalue weighted by Crippen LogP contribution is 2.08. The van der Waals surface area contributed by atoms with Gasteiger partial charge in [-0.3, -0.25) is 4.79 Å². The number of esters is 1. The number of carbonyl (C=O) groups is 2. The van der Waals surface area contributed by atoms with Gasteiger partial charge in [0.25, 0.3) is 5.91 Å². The van der Waals surface area contributed by atoms with Crippen LogP contribution in [0.3, 0.4) is 0 Å². The molecule has 1 rings (SSSR count). The van der Waals surface area contributed by atoms with Crippen molar-refractivity contribution in [2.75, 3.05) is 19.8 Å². The zero-order valence-corrected chi connectivity index (χ0v) is 13.5. The highest BCUT2D eigenvalue weighted by molar-refractivity contribution is 5.81. The number of rotatable bonds is 9. The van der Waals surface area contributed by atoms with Crippen molar-refractivity contribution in [1.82, 2.24) is 4.90 Å². The Labute approximate surface area is 135 Å². The van der Waals surface area contributed by atoms with Gasteiger partial charge in [0.1, 0.15) is 5.82 Å². The summed E-state index contributed by atoms with van der Waals surface area (Å²) in [7, 11) is 0. The van der Waals surface area contributed by atoms with Gasteiger partial charge in [-0.1, -0.05) is 18.2 Å². The largest absolute Gasteiger partial charge is 0.454 e. The van der Waals surface area contributed by atoms with Gasteiger partial charge in [-0.25, -0.2) is 9.18 Å². The second kappa shape index (κ2) is 9.74. The molecule has 0 radical (unpaired) electrons.